The molecule has 0 aromatic heterocycles. The molecule has 0 bridgehead atoms. The molecule has 6 heteroatoms. The minimum Gasteiger partial charge on any atom is -0.490 e. The maximum atomic E-state index is 14.0. The summed E-state index contributed by atoms with van der Waals surface area (Å²) in [6, 6.07) is 35.1. The summed E-state index contributed by atoms with van der Waals surface area (Å²) < 4.78 is 12.3. The molecule has 256 valence electrons. The first-order valence-corrected chi connectivity index (χ1v) is 18.4. The molecule has 5 aromatic carbocycles. The van der Waals surface area contributed by atoms with Crippen molar-refractivity contribution in [2.45, 2.75) is 88.2 Å². The van der Waals surface area contributed by atoms with E-state index in [0.717, 1.165) is 58.2 Å². The number of unbranched alkanes of at least 4 members (excludes halogenated alkanes) is 1. The lowest BCUT2D eigenvalue weighted by atomic mass is 9.83. The molecule has 0 radical (unpaired) electrons. The Morgan fingerprint density at radius 2 is 1.36 bits per heavy atom. The zero-order valence-corrected chi connectivity index (χ0v) is 30.4. The van der Waals surface area contributed by atoms with Crippen molar-refractivity contribution < 1.29 is 19.1 Å². The Balaban J connectivity index is 1.15. The topological polar surface area (TPSA) is 64.6 Å². The van der Waals surface area contributed by atoms with E-state index in [1.54, 1.807) is 12.1 Å². The van der Waals surface area contributed by atoms with Gasteiger partial charge in [-0.3, -0.25) is 9.59 Å². The van der Waals surface area contributed by atoms with Crippen molar-refractivity contribution in [1.82, 2.24) is 0 Å². The van der Waals surface area contributed by atoms with Gasteiger partial charge in [0.05, 0.1) is 17.4 Å². The van der Waals surface area contributed by atoms with Gasteiger partial charge in [0.25, 0.3) is 0 Å². The SMILES string of the molecule is CCCCC(CC)Oc1ccc(Nc2cccc3c2C(=O)c2cccc(Sc4ccc(OCc5ccc(C(C)(C)C)cc5)cc4)c2C3=O)cc1. The molecule has 0 heterocycles. The smallest absolute Gasteiger partial charge is 0.196 e. The second-order valence-corrected chi connectivity index (χ2v) is 14.9. The lowest BCUT2D eigenvalue weighted by molar-refractivity contribution is 0.0977. The van der Waals surface area contributed by atoms with Gasteiger partial charge in [0.2, 0.25) is 0 Å². The van der Waals surface area contributed by atoms with Crippen LogP contribution in [0.2, 0.25) is 0 Å². The number of carbonyl (C=O) groups is 2. The minimum absolute atomic E-state index is 0.113. The highest BCUT2D eigenvalue weighted by Crippen LogP contribution is 2.40. The number of hydrogen-bond donors (Lipinski definition) is 1. The van der Waals surface area contributed by atoms with Gasteiger partial charge in [-0.05, 0) is 90.0 Å². The molecular formula is C44H45NO4S. The highest BCUT2D eigenvalue weighted by atomic mass is 32.2. The average molecular weight is 684 g/mol. The standard InChI is InChI=1S/C44H45NO4S/c1-6-8-11-32(7-2)49-34-22-20-31(21-23-34)45-38-14-9-12-36-40(38)42(46)37-13-10-15-39(41(37)43(36)47)50-35-26-24-33(25-27-35)48-28-29-16-18-30(19-17-29)44(3,4)5/h9-10,12-27,32,45H,6-8,11,28H2,1-5H3. The number of fused-ring (bicyclic) bond motifs is 2. The van der Waals surface area contributed by atoms with Crippen LogP contribution in [-0.2, 0) is 12.0 Å². The molecule has 6 rings (SSSR count). The van der Waals surface area contributed by atoms with Crippen LogP contribution in [-0.4, -0.2) is 17.7 Å². The van der Waals surface area contributed by atoms with Crippen LogP contribution in [0.25, 0.3) is 0 Å². The molecular weight excluding hydrogens is 639 g/mol. The predicted octanol–water partition coefficient (Wildman–Crippen LogP) is 11.6. The second-order valence-electron chi connectivity index (χ2n) is 13.8. The monoisotopic (exact) mass is 683 g/mol. The second kappa shape index (κ2) is 15.4. The summed E-state index contributed by atoms with van der Waals surface area (Å²) >= 11 is 1.47. The van der Waals surface area contributed by atoms with Crippen LogP contribution >= 0.6 is 11.8 Å². The molecule has 0 saturated carbocycles. The number of ether oxygens (including phenoxy) is 2. The number of ketones is 2. The van der Waals surface area contributed by atoms with E-state index in [9.17, 15) is 9.59 Å². The summed E-state index contributed by atoms with van der Waals surface area (Å²) in [5, 5.41) is 3.39. The Morgan fingerprint density at radius 1 is 0.720 bits per heavy atom. The normalized spacial score (nSPS) is 13.0. The van der Waals surface area contributed by atoms with Crippen LogP contribution in [0, 0.1) is 0 Å². The third-order valence-electron chi connectivity index (χ3n) is 9.08. The first-order chi connectivity index (χ1) is 24.1. The molecule has 1 aliphatic rings. The molecule has 0 saturated heterocycles. The van der Waals surface area contributed by atoms with Crippen LogP contribution in [0.3, 0.4) is 0 Å². The van der Waals surface area contributed by atoms with Gasteiger partial charge in [-0.2, -0.15) is 0 Å². The number of carbonyl (C=O) groups excluding carboxylic acids is 2. The molecule has 0 amide bonds. The zero-order chi connectivity index (χ0) is 35.3. The summed E-state index contributed by atoms with van der Waals surface area (Å²) in [5.74, 6) is 1.27. The lowest BCUT2D eigenvalue weighted by Crippen LogP contribution is -2.23. The van der Waals surface area contributed by atoms with E-state index in [-0.39, 0.29) is 23.1 Å². The van der Waals surface area contributed by atoms with Crippen molar-refractivity contribution in [2.75, 3.05) is 5.32 Å². The van der Waals surface area contributed by atoms with E-state index in [0.29, 0.717) is 34.5 Å². The van der Waals surface area contributed by atoms with Gasteiger partial charge < -0.3 is 14.8 Å². The number of anilines is 2. The predicted molar refractivity (Wildman–Crippen MR) is 204 cm³/mol. The third kappa shape index (κ3) is 7.97. The van der Waals surface area contributed by atoms with E-state index in [1.165, 1.54) is 17.3 Å². The van der Waals surface area contributed by atoms with Crippen molar-refractivity contribution in [3.8, 4) is 11.5 Å². The van der Waals surface area contributed by atoms with E-state index in [1.807, 2.05) is 72.8 Å². The molecule has 50 heavy (non-hydrogen) atoms. The Hall–Kier alpha value is -4.81. The van der Waals surface area contributed by atoms with E-state index < -0.39 is 0 Å². The molecule has 0 aliphatic heterocycles. The Kier molecular flexibility index (Phi) is 10.8. The molecule has 0 fully saturated rings. The maximum Gasteiger partial charge on any atom is 0.196 e. The summed E-state index contributed by atoms with van der Waals surface area (Å²) in [6.45, 7) is 11.4. The fraction of sp³-hybridized carbons (Fsp3) is 0.273. The van der Waals surface area contributed by atoms with Crippen molar-refractivity contribution in [3.63, 3.8) is 0 Å². The maximum absolute atomic E-state index is 14.0. The average Bonchev–Trinajstić information content (AvgIpc) is 3.12. The van der Waals surface area contributed by atoms with E-state index >= 15 is 0 Å². The number of hydrogen-bond acceptors (Lipinski definition) is 6. The number of nitrogens with one attached hydrogen (secondary N) is 1. The first-order valence-electron chi connectivity index (χ1n) is 17.5. The van der Waals surface area contributed by atoms with Crippen LogP contribution in [0.15, 0.2) is 119 Å². The summed E-state index contributed by atoms with van der Waals surface area (Å²) in [5.41, 5.74) is 5.60. The summed E-state index contributed by atoms with van der Waals surface area (Å²) in [4.78, 5) is 29.8. The van der Waals surface area contributed by atoms with Gasteiger partial charge in [-0.25, -0.2) is 0 Å². The van der Waals surface area contributed by atoms with Gasteiger partial charge >= 0.3 is 0 Å². The molecule has 5 nitrogen and oxygen atoms in total. The molecule has 1 N–H and O–H groups in total. The van der Waals surface area contributed by atoms with Crippen LogP contribution in [0.1, 0.15) is 103 Å². The molecule has 5 aromatic rings. The molecule has 1 unspecified atom stereocenters. The Bertz CT molecular complexity index is 1960. The van der Waals surface area contributed by atoms with Crippen LogP contribution in [0.5, 0.6) is 11.5 Å². The summed E-state index contributed by atoms with van der Waals surface area (Å²) in [7, 11) is 0. The fourth-order valence-corrected chi connectivity index (χ4v) is 7.12. The number of benzene rings is 5. The first kappa shape index (κ1) is 35.0. The van der Waals surface area contributed by atoms with Crippen LogP contribution in [0.4, 0.5) is 11.4 Å². The molecule has 0 spiro atoms. The van der Waals surface area contributed by atoms with Crippen LogP contribution < -0.4 is 14.8 Å². The lowest BCUT2D eigenvalue weighted by Gasteiger charge is -2.23. The van der Waals surface area contributed by atoms with Gasteiger partial charge in [0, 0.05) is 32.2 Å². The fourth-order valence-electron chi connectivity index (χ4n) is 6.14. The third-order valence-corrected chi connectivity index (χ3v) is 10.2. The van der Waals surface area contributed by atoms with E-state index in [2.05, 4.69) is 64.2 Å². The van der Waals surface area contributed by atoms with Crippen molar-refractivity contribution in [2.24, 2.45) is 0 Å². The number of rotatable bonds is 13. The highest BCUT2D eigenvalue weighted by Gasteiger charge is 2.33. The zero-order valence-electron chi connectivity index (χ0n) is 29.5. The summed E-state index contributed by atoms with van der Waals surface area (Å²) in [6.07, 6.45) is 4.49. The van der Waals surface area contributed by atoms with Crippen molar-refractivity contribution >= 4 is 34.7 Å². The Morgan fingerprint density at radius 3 is 2.02 bits per heavy atom. The largest absolute Gasteiger partial charge is 0.490 e. The highest BCUT2D eigenvalue weighted by molar-refractivity contribution is 7.99. The van der Waals surface area contributed by atoms with E-state index in [4.69, 9.17) is 9.47 Å². The minimum atomic E-state index is -0.166. The van der Waals surface area contributed by atoms with Crippen molar-refractivity contribution in [1.29, 1.82) is 0 Å². The van der Waals surface area contributed by atoms with Gasteiger partial charge in [0.1, 0.15) is 18.1 Å². The molecule has 1 aliphatic carbocycles. The van der Waals surface area contributed by atoms with Gasteiger partial charge in [-0.15, -0.1) is 0 Å². The molecule has 1 atom stereocenters. The van der Waals surface area contributed by atoms with Gasteiger partial charge in [0.15, 0.2) is 11.6 Å². The van der Waals surface area contributed by atoms with Crippen molar-refractivity contribution in [3.05, 3.63) is 143 Å². The Labute approximate surface area is 300 Å². The van der Waals surface area contributed by atoms with Gasteiger partial charge in [-0.1, -0.05) is 108 Å². The quantitative estimate of drug-likeness (QED) is 0.131.